The predicted molar refractivity (Wildman–Crippen MR) is 54.4 cm³/mol. The fourth-order valence-electron chi connectivity index (χ4n) is 1.35. The van der Waals surface area contributed by atoms with E-state index < -0.39 is 0 Å². The standard InChI is InChI=1S/C9H16N2S/c1-11(2)9(3-5-10)8-4-6-12-7-8/h4,6-7,9H,3,5,10H2,1-2H3. The van der Waals surface area contributed by atoms with Gasteiger partial charge in [-0.1, -0.05) is 0 Å². The highest BCUT2D eigenvalue weighted by Crippen LogP contribution is 2.23. The van der Waals surface area contributed by atoms with E-state index in [9.17, 15) is 0 Å². The Kier molecular flexibility index (Phi) is 3.72. The van der Waals surface area contributed by atoms with Crippen molar-refractivity contribution in [2.45, 2.75) is 12.5 Å². The second-order valence-electron chi connectivity index (χ2n) is 3.11. The first-order valence-corrected chi connectivity index (χ1v) is 5.08. The maximum Gasteiger partial charge on any atom is 0.0362 e. The Balaban J connectivity index is 2.66. The van der Waals surface area contributed by atoms with Crippen LogP contribution in [-0.2, 0) is 0 Å². The molecule has 3 heteroatoms. The summed E-state index contributed by atoms with van der Waals surface area (Å²) in [4.78, 5) is 2.22. The molecule has 0 bridgehead atoms. The molecule has 1 unspecified atom stereocenters. The van der Waals surface area contributed by atoms with Gasteiger partial charge in [0.05, 0.1) is 0 Å². The molecule has 1 rings (SSSR count). The molecule has 1 aromatic heterocycles. The maximum absolute atomic E-state index is 5.55. The van der Waals surface area contributed by atoms with Crippen LogP contribution in [0.25, 0.3) is 0 Å². The predicted octanol–water partition coefficient (Wildman–Crippen LogP) is 1.70. The van der Waals surface area contributed by atoms with Crippen LogP contribution in [0.5, 0.6) is 0 Å². The molecule has 0 saturated carbocycles. The van der Waals surface area contributed by atoms with Crippen molar-refractivity contribution in [1.29, 1.82) is 0 Å². The average molecular weight is 184 g/mol. The van der Waals surface area contributed by atoms with Gasteiger partial charge in [-0.05, 0) is 49.5 Å². The smallest absolute Gasteiger partial charge is 0.0362 e. The summed E-state index contributed by atoms with van der Waals surface area (Å²) < 4.78 is 0. The lowest BCUT2D eigenvalue weighted by molar-refractivity contribution is 0.287. The topological polar surface area (TPSA) is 29.3 Å². The van der Waals surface area contributed by atoms with Gasteiger partial charge >= 0.3 is 0 Å². The van der Waals surface area contributed by atoms with Gasteiger partial charge in [-0.15, -0.1) is 0 Å². The molecule has 0 aliphatic rings. The highest BCUT2D eigenvalue weighted by molar-refractivity contribution is 7.07. The van der Waals surface area contributed by atoms with E-state index in [2.05, 4.69) is 35.8 Å². The first-order chi connectivity index (χ1) is 5.75. The number of nitrogens with zero attached hydrogens (tertiary/aromatic N) is 1. The molecule has 2 nitrogen and oxygen atoms in total. The van der Waals surface area contributed by atoms with Gasteiger partial charge in [-0.2, -0.15) is 11.3 Å². The molecule has 12 heavy (non-hydrogen) atoms. The lowest BCUT2D eigenvalue weighted by Gasteiger charge is -2.22. The highest BCUT2D eigenvalue weighted by Gasteiger charge is 2.12. The van der Waals surface area contributed by atoms with Gasteiger partial charge in [-0.3, -0.25) is 0 Å². The molecule has 1 heterocycles. The first-order valence-electron chi connectivity index (χ1n) is 4.14. The van der Waals surface area contributed by atoms with E-state index >= 15 is 0 Å². The Bertz CT molecular complexity index is 206. The molecular formula is C9H16N2S. The molecule has 0 spiro atoms. The summed E-state index contributed by atoms with van der Waals surface area (Å²) in [6.07, 6.45) is 1.03. The molecule has 0 fully saturated rings. The molecule has 0 amide bonds. The zero-order valence-electron chi connectivity index (χ0n) is 7.66. The summed E-state index contributed by atoms with van der Waals surface area (Å²) >= 11 is 1.74. The van der Waals surface area contributed by atoms with E-state index in [-0.39, 0.29) is 0 Å². The van der Waals surface area contributed by atoms with Gasteiger partial charge in [0.1, 0.15) is 0 Å². The fourth-order valence-corrected chi connectivity index (χ4v) is 2.05. The quantitative estimate of drug-likeness (QED) is 0.771. The van der Waals surface area contributed by atoms with E-state index in [1.165, 1.54) is 5.56 Å². The van der Waals surface area contributed by atoms with Gasteiger partial charge in [-0.25, -0.2) is 0 Å². The highest BCUT2D eigenvalue weighted by atomic mass is 32.1. The summed E-state index contributed by atoms with van der Waals surface area (Å²) in [6, 6.07) is 2.66. The lowest BCUT2D eigenvalue weighted by Crippen LogP contribution is -2.22. The molecule has 0 radical (unpaired) electrons. The van der Waals surface area contributed by atoms with Crippen molar-refractivity contribution < 1.29 is 0 Å². The summed E-state index contributed by atoms with van der Waals surface area (Å²) in [5.41, 5.74) is 6.93. The minimum atomic E-state index is 0.487. The number of rotatable bonds is 4. The Morgan fingerprint density at radius 2 is 2.33 bits per heavy atom. The molecular weight excluding hydrogens is 168 g/mol. The minimum Gasteiger partial charge on any atom is -0.330 e. The van der Waals surface area contributed by atoms with Gasteiger partial charge in [0.15, 0.2) is 0 Å². The zero-order valence-corrected chi connectivity index (χ0v) is 8.47. The van der Waals surface area contributed by atoms with Crippen molar-refractivity contribution in [3.8, 4) is 0 Å². The summed E-state index contributed by atoms with van der Waals surface area (Å²) in [5, 5.41) is 4.31. The van der Waals surface area contributed by atoms with Crippen molar-refractivity contribution in [3.05, 3.63) is 22.4 Å². The van der Waals surface area contributed by atoms with Gasteiger partial charge < -0.3 is 10.6 Å². The second-order valence-corrected chi connectivity index (χ2v) is 3.89. The van der Waals surface area contributed by atoms with Crippen LogP contribution in [-0.4, -0.2) is 25.5 Å². The van der Waals surface area contributed by atoms with Crippen LogP contribution in [0.4, 0.5) is 0 Å². The van der Waals surface area contributed by atoms with Crippen LogP contribution < -0.4 is 5.73 Å². The van der Waals surface area contributed by atoms with Crippen LogP contribution in [0.15, 0.2) is 16.8 Å². The van der Waals surface area contributed by atoms with E-state index in [1.807, 2.05) is 0 Å². The second kappa shape index (κ2) is 4.60. The van der Waals surface area contributed by atoms with Gasteiger partial charge in [0.25, 0.3) is 0 Å². The minimum absolute atomic E-state index is 0.487. The SMILES string of the molecule is CN(C)C(CCN)c1ccsc1. The van der Waals surface area contributed by atoms with Crippen molar-refractivity contribution in [3.63, 3.8) is 0 Å². The van der Waals surface area contributed by atoms with E-state index in [1.54, 1.807) is 11.3 Å². The number of nitrogens with two attached hydrogens (primary N) is 1. The Morgan fingerprint density at radius 3 is 2.75 bits per heavy atom. The number of hydrogen-bond acceptors (Lipinski definition) is 3. The van der Waals surface area contributed by atoms with Crippen LogP contribution in [0.1, 0.15) is 18.0 Å². The summed E-state index contributed by atoms with van der Waals surface area (Å²) in [6.45, 7) is 0.749. The monoisotopic (exact) mass is 184 g/mol. The largest absolute Gasteiger partial charge is 0.330 e. The number of hydrogen-bond donors (Lipinski definition) is 1. The van der Waals surface area contributed by atoms with Crippen LogP contribution >= 0.6 is 11.3 Å². The average Bonchev–Trinajstić information content (AvgIpc) is 2.51. The normalized spacial score (nSPS) is 13.7. The molecule has 0 aromatic carbocycles. The van der Waals surface area contributed by atoms with E-state index in [0.717, 1.165) is 13.0 Å². The van der Waals surface area contributed by atoms with Crippen molar-refractivity contribution in [2.75, 3.05) is 20.6 Å². The third-order valence-corrected chi connectivity index (χ3v) is 2.69. The van der Waals surface area contributed by atoms with E-state index in [0.29, 0.717) is 6.04 Å². The summed E-state index contributed by atoms with van der Waals surface area (Å²) in [5.74, 6) is 0. The Hall–Kier alpha value is -0.380. The molecule has 0 aliphatic heterocycles. The van der Waals surface area contributed by atoms with Gasteiger partial charge in [0.2, 0.25) is 0 Å². The number of thiophene rings is 1. The van der Waals surface area contributed by atoms with Crippen molar-refractivity contribution >= 4 is 11.3 Å². The van der Waals surface area contributed by atoms with Crippen LogP contribution in [0.3, 0.4) is 0 Å². The maximum atomic E-state index is 5.55. The molecule has 2 N–H and O–H groups in total. The third-order valence-electron chi connectivity index (χ3n) is 1.99. The molecule has 1 aromatic rings. The lowest BCUT2D eigenvalue weighted by atomic mass is 10.1. The fraction of sp³-hybridized carbons (Fsp3) is 0.556. The molecule has 68 valence electrons. The van der Waals surface area contributed by atoms with Crippen molar-refractivity contribution in [1.82, 2.24) is 4.90 Å². The third kappa shape index (κ3) is 2.30. The Labute approximate surface area is 78.0 Å². The van der Waals surface area contributed by atoms with E-state index in [4.69, 9.17) is 5.73 Å². The summed E-state index contributed by atoms with van der Waals surface area (Å²) in [7, 11) is 4.19. The molecule has 1 atom stereocenters. The van der Waals surface area contributed by atoms with Gasteiger partial charge in [0, 0.05) is 6.04 Å². The zero-order chi connectivity index (χ0) is 8.97. The van der Waals surface area contributed by atoms with Crippen LogP contribution in [0, 0.1) is 0 Å². The Morgan fingerprint density at radius 1 is 1.58 bits per heavy atom. The first kappa shape index (κ1) is 9.71. The van der Waals surface area contributed by atoms with Crippen molar-refractivity contribution in [2.24, 2.45) is 5.73 Å². The molecule has 0 saturated heterocycles. The van der Waals surface area contributed by atoms with Crippen LogP contribution in [0.2, 0.25) is 0 Å². The molecule has 0 aliphatic carbocycles.